The Morgan fingerprint density at radius 3 is 2.25 bits per heavy atom. The molecule has 1 fully saturated rings. The molecule has 0 bridgehead atoms. The first-order valence-corrected chi connectivity index (χ1v) is 3.77. The van der Waals surface area contributed by atoms with Crippen molar-refractivity contribution in [3.63, 3.8) is 0 Å². The second-order valence-corrected chi connectivity index (χ2v) is 3.18. The summed E-state index contributed by atoms with van der Waals surface area (Å²) >= 11 is 0. The molecule has 1 rings (SSSR count). The van der Waals surface area contributed by atoms with Crippen molar-refractivity contribution in [1.82, 2.24) is 5.01 Å². The number of hydrogen-bond donors (Lipinski definition) is 3. The third-order valence-corrected chi connectivity index (χ3v) is 2.02. The monoisotopic (exact) mass is 170 g/mol. The van der Waals surface area contributed by atoms with Crippen LogP contribution in [0.25, 0.3) is 0 Å². The first-order valence-electron chi connectivity index (χ1n) is 3.77. The summed E-state index contributed by atoms with van der Waals surface area (Å²) in [5.74, 6) is 5.21. The zero-order valence-electron chi connectivity index (χ0n) is 7.08. The van der Waals surface area contributed by atoms with Gasteiger partial charge >= 0.3 is 0 Å². The third kappa shape index (κ3) is 1.35. The molecular weight excluding hydrogens is 156 g/mol. The molecule has 0 saturated heterocycles. The molecule has 0 spiro atoms. The lowest BCUT2D eigenvalue weighted by atomic mass is 10.2. The molecule has 5 nitrogen and oxygen atoms in total. The van der Waals surface area contributed by atoms with Crippen LogP contribution >= 0.6 is 0 Å². The molecule has 1 amide bonds. The highest BCUT2D eigenvalue weighted by Gasteiger charge is 2.52. The van der Waals surface area contributed by atoms with Crippen LogP contribution in [0, 0.1) is 0 Å². The molecule has 0 radical (unpaired) electrons. The second-order valence-electron chi connectivity index (χ2n) is 3.18. The lowest BCUT2D eigenvalue weighted by Gasteiger charge is -2.22. The number of nitrogens with two attached hydrogens (primary N) is 3. The van der Waals surface area contributed by atoms with Crippen molar-refractivity contribution < 1.29 is 4.79 Å². The Morgan fingerprint density at radius 2 is 2.00 bits per heavy atom. The van der Waals surface area contributed by atoms with Crippen LogP contribution in [-0.4, -0.2) is 16.5 Å². The Balaban J connectivity index is 2.70. The van der Waals surface area contributed by atoms with E-state index in [2.05, 4.69) is 0 Å². The first-order chi connectivity index (χ1) is 5.49. The van der Waals surface area contributed by atoms with Gasteiger partial charge in [-0.15, -0.1) is 0 Å². The SMILES string of the molecule is C/C(N)=C/N(N)C1(C(N)=O)CC1. The van der Waals surface area contributed by atoms with Crippen molar-refractivity contribution >= 4 is 5.91 Å². The fourth-order valence-electron chi connectivity index (χ4n) is 1.09. The topological polar surface area (TPSA) is 98.4 Å². The van der Waals surface area contributed by atoms with E-state index in [1.54, 1.807) is 6.92 Å². The van der Waals surface area contributed by atoms with Crippen molar-refractivity contribution in [3.8, 4) is 0 Å². The van der Waals surface area contributed by atoms with Crippen molar-refractivity contribution in [2.45, 2.75) is 25.3 Å². The zero-order chi connectivity index (χ0) is 9.35. The number of carbonyl (C=O) groups excluding carboxylic acids is 1. The molecule has 1 aliphatic carbocycles. The van der Waals surface area contributed by atoms with Gasteiger partial charge in [0.25, 0.3) is 0 Å². The van der Waals surface area contributed by atoms with Crippen molar-refractivity contribution in [3.05, 3.63) is 11.9 Å². The summed E-state index contributed by atoms with van der Waals surface area (Å²) in [6.45, 7) is 1.71. The van der Waals surface area contributed by atoms with E-state index in [9.17, 15) is 4.79 Å². The summed E-state index contributed by atoms with van der Waals surface area (Å²) in [6.07, 6.45) is 2.95. The smallest absolute Gasteiger partial charge is 0.244 e. The van der Waals surface area contributed by atoms with Crippen molar-refractivity contribution in [2.75, 3.05) is 0 Å². The van der Waals surface area contributed by atoms with E-state index in [0.29, 0.717) is 18.5 Å². The third-order valence-electron chi connectivity index (χ3n) is 2.02. The number of amides is 1. The van der Waals surface area contributed by atoms with E-state index in [-0.39, 0.29) is 5.91 Å². The molecule has 12 heavy (non-hydrogen) atoms. The van der Waals surface area contributed by atoms with E-state index in [4.69, 9.17) is 17.3 Å². The zero-order valence-corrected chi connectivity index (χ0v) is 7.08. The molecule has 0 aliphatic heterocycles. The van der Waals surface area contributed by atoms with E-state index in [1.807, 2.05) is 0 Å². The fourth-order valence-corrected chi connectivity index (χ4v) is 1.09. The molecule has 1 saturated carbocycles. The lowest BCUT2D eigenvalue weighted by molar-refractivity contribution is -0.123. The van der Waals surface area contributed by atoms with Gasteiger partial charge < -0.3 is 16.5 Å². The summed E-state index contributed by atoms with van der Waals surface area (Å²) in [5, 5.41) is 1.31. The molecule has 6 N–H and O–H groups in total. The van der Waals surface area contributed by atoms with Crippen LogP contribution in [0.5, 0.6) is 0 Å². The van der Waals surface area contributed by atoms with Gasteiger partial charge in [-0.1, -0.05) is 0 Å². The summed E-state index contributed by atoms with van der Waals surface area (Å²) in [5.41, 5.74) is 10.5. The maximum absolute atomic E-state index is 10.9. The predicted molar refractivity (Wildman–Crippen MR) is 45.1 cm³/mol. The van der Waals surface area contributed by atoms with Crippen LogP contribution in [-0.2, 0) is 4.79 Å². The number of primary amides is 1. The molecule has 0 aromatic heterocycles. The number of allylic oxidation sites excluding steroid dienone is 1. The Bertz CT molecular complexity index is 228. The standard InChI is InChI=1S/C7H14N4O/c1-5(8)4-11(10)7(2-3-7)6(9)12/h4H,2-3,8,10H2,1H3,(H2,9,12)/b5-4-. The molecular formula is C7H14N4O. The molecule has 0 aromatic rings. The molecule has 5 heteroatoms. The molecule has 0 aromatic carbocycles. The minimum atomic E-state index is -0.666. The van der Waals surface area contributed by atoms with E-state index >= 15 is 0 Å². The minimum Gasteiger partial charge on any atom is -0.401 e. The largest absolute Gasteiger partial charge is 0.401 e. The van der Waals surface area contributed by atoms with Crippen LogP contribution in [0.1, 0.15) is 19.8 Å². The maximum Gasteiger partial charge on any atom is 0.244 e. The minimum absolute atomic E-state index is 0.387. The Hall–Kier alpha value is -1.23. The van der Waals surface area contributed by atoms with Crippen LogP contribution in [0.3, 0.4) is 0 Å². The Morgan fingerprint density at radius 1 is 1.50 bits per heavy atom. The predicted octanol–water partition coefficient (Wildman–Crippen LogP) is -1.00. The average Bonchev–Trinajstić information content (AvgIpc) is 2.63. The van der Waals surface area contributed by atoms with Gasteiger partial charge in [0.2, 0.25) is 5.91 Å². The summed E-state index contributed by atoms with van der Waals surface area (Å²) in [6, 6.07) is 0. The average molecular weight is 170 g/mol. The quantitative estimate of drug-likeness (QED) is 0.373. The summed E-state index contributed by atoms with van der Waals surface area (Å²) in [4.78, 5) is 10.9. The molecule has 0 atom stereocenters. The first kappa shape index (κ1) is 8.86. The molecule has 1 aliphatic rings. The van der Waals surface area contributed by atoms with Gasteiger partial charge in [0.15, 0.2) is 0 Å². The summed E-state index contributed by atoms with van der Waals surface area (Å²) in [7, 11) is 0. The normalized spacial score (nSPS) is 20.3. The fraction of sp³-hybridized carbons (Fsp3) is 0.571. The highest BCUT2D eigenvalue weighted by molar-refractivity contribution is 5.87. The number of nitrogens with zero attached hydrogens (tertiary/aromatic N) is 1. The number of rotatable bonds is 3. The van der Waals surface area contributed by atoms with E-state index < -0.39 is 5.54 Å². The van der Waals surface area contributed by atoms with Crippen LogP contribution in [0.4, 0.5) is 0 Å². The Labute approximate surface area is 71.1 Å². The second kappa shape index (κ2) is 2.67. The van der Waals surface area contributed by atoms with Crippen LogP contribution in [0.2, 0.25) is 0 Å². The number of carbonyl (C=O) groups is 1. The maximum atomic E-state index is 10.9. The lowest BCUT2D eigenvalue weighted by Crippen LogP contribution is -2.48. The van der Waals surface area contributed by atoms with Crippen LogP contribution < -0.4 is 17.3 Å². The van der Waals surface area contributed by atoms with Gasteiger partial charge in [0.05, 0.1) is 0 Å². The highest BCUT2D eigenvalue weighted by atomic mass is 16.2. The summed E-state index contributed by atoms with van der Waals surface area (Å²) < 4.78 is 0. The van der Waals surface area contributed by atoms with Crippen molar-refractivity contribution in [1.29, 1.82) is 0 Å². The molecule has 0 unspecified atom stereocenters. The van der Waals surface area contributed by atoms with E-state index in [1.165, 1.54) is 11.2 Å². The van der Waals surface area contributed by atoms with Crippen molar-refractivity contribution in [2.24, 2.45) is 17.3 Å². The van der Waals surface area contributed by atoms with Gasteiger partial charge in [0, 0.05) is 11.9 Å². The van der Waals surface area contributed by atoms with E-state index in [0.717, 1.165) is 0 Å². The number of hydrazine groups is 1. The highest BCUT2D eigenvalue weighted by Crippen LogP contribution is 2.39. The van der Waals surface area contributed by atoms with Crippen LogP contribution in [0.15, 0.2) is 11.9 Å². The molecule has 68 valence electrons. The van der Waals surface area contributed by atoms with Gasteiger partial charge in [0.1, 0.15) is 5.54 Å². The van der Waals surface area contributed by atoms with Gasteiger partial charge in [-0.05, 0) is 19.8 Å². The Kier molecular flexibility index (Phi) is 1.97. The van der Waals surface area contributed by atoms with Gasteiger partial charge in [-0.3, -0.25) is 4.79 Å². The van der Waals surface area contributed by atoms with Gasteiger partial charge in [-0.2, -0.15) is 0 Å². The molecule has 0 heterocycles. The van der Waals surface area contributed by atoms with Gasteiger partial charge in [-0.25, -0.2) is 5.84 Å². The number of hydrogen-bond acceptors (Lipinski definition) is 4.